The molecule has 0 aliphatic rings. The van der Waals surface area contributed by atoms with E-state index in [0.717, 1.165) is 0 Å². The van der Waals surface area contributed by atoms with E-state index in [4.69, 9.17) is 5.11 Å². The van der Waals surface area contributed by atoms with Gasteiger partial charge in [0.25, 0.3) is 5.91 Å². The SMILES string of the molecule is CCN(CCBr)C(=O)c1cc(F)c(F)c(O)c1F. The Balaban J connectivity index is 3.21. The molecule has 0 fully saturated rings. The van der Waals surface area contributed by atoms with Gasteiger partial charge in [-0.1, -0.05) is 15.9 Å². The predicted molar refractivity (Wildman–Crippen MR) is 63.4 cm³/mol. The van der Waals surface area contributed by atoms with Crippen LogP contribution in [0.4, 0.5) is 13.2 Å². The number of nitrogens with zero attached hydrogens (tertiary/aromatic N) is 1. The van der Waals surface area contributed by atoms with Crippen LogP contribution in [0.1, 0.15) is 17.3 Å². The van der Waals surface area contributed by atoms with E-state index in [1.165, 1.54) is 4.90 Å². The Kier molecular flexibility index (Phi) is 5.01. The van der Waals surface area contributed by atoms with Crippen LogP contribution in [-0.4, -0.2) is 34.3 Å². The summed E-state index contributed by atoms with van der Waals surface area (Å²) in [5.74, 6) is -6.90. The van der Waals surface area contributed by atoms with Crippen LogP contribution in [0.3, 0.4) is 0 Å². The molecule has 1 rings (SSSR count). The van der Waals surface area contributed by atoms with E-state index in [1.807, 2.05) is 0 Å². The van der Waals surface area contributed by atoms with Gasteiger partial charge in [-0.3, -0.25) is 4.79 Å². The first-order valence-corrected chi connectivity index (χ1v) is 6.27. The average Bonchev–Trinajstić information content (AvgIpc) is 2.37. The third-order valence-electron chi connectivity index (χ3n) is 2.39. The van der Waals surface area contributed by atoms with Crippen molar-refractivity contribution in [2.75, 3.05) is 18.4 Å². The molecule has 0 saturated carbocycles. The summed E-state index contributed by atoms with van der Waals surface area (Å²) in [6.07, 6.45) is 0. The number of hydrogen-bond acceptors (Lipinski definition) is 2. The Hall–Kier alpha value is -1.24. The van der Waals surface area contributed by atoms with E-state index in [2.05, 4.69) is 15.9 Å². The molecule has 0 aromatic heterocycles. The van der Waals surface area contributed by atoms with Crippen molar-refractivity contribution in [1.82, 2.24) is 4.90 Å². The van der Waals surface area contributed by atoms with E-state index in [-0.39, 0.29) is 13.1 Å². The van der Waals surface area contributed by atoms with Gasteiger partial charge >= 0.3 is 0 Å². The molecule has 1 aromatic carbocycles. The van der Waals surface area contributed by atoms with Crippen molar-refractivity contribution < 1.29 is 23.1 Å². The molecule has 1 amide bonds. The quantitative estimate of drug-likeness (QED) is 0.683. The van der Waals surface area contributed by atoms with E-state index in [0.29, 0.717) is 11.4 Å². The van der Waals surface area contributed by atoms with Crippen molar-refractivity contribution in [1.29, 1.82) is 0 Å². The lowest BCUT2D eigenvalue weighted by molar-refractivity contribution is 0.0768. The highest BCUT2D eigenvalue weighted by Crippen LogP contribution is 2.26. The summed E-state index contributed by atoms with van der Waals surface area (Å²) < 4.78 is 39.4. The highest BCUT2D eigenvalue weighted by atomic mass is 79.9. The zero-order valence-corrected chi connectivity index (χ0v) is 11.1. The van der Waals surface area contributed by atoms with Crippen LogP contribution in [-0.2, 0) is 0 Å². The maximum atomic E-state index is 13.5. The fraction of sp³-hybridized carbons (Fsp3) is 0.364. The Labute approximate surface area is 110 Å². The molecule has 0 aliphatic carbocycles. The molecule has 0 heterocycles. The molecule has 18 heavy (non-hydrogen) atoms. The van der Waals surface area contributed by atoms with Crippen molar-refractivity contribution in [2.45, 2.75) is 6.92 Å². The lowest BCUT2D eigenvalue weighted by Crippen LogP contribution is -2.33. The van der Waals surface area contributed by atoms with Crippen LogP contribution >= 0.6 is 15.9 Å². The highest BCUT2D eigenvalue weighted by molar-refractivity contribution is 9.09. The second-order valence-electron chi connectivity index (χ2n) is 3.46. The molecular formula is C11H11BrF3NO2. The fourth-order valence-electron chi connectivity index (χ4n) is 1.42. The summed E-state index contributed by atoms with van der Waals surface area (Å²) in [6.45, 7) is 2.23. The number of halogens is 4. The first-order chi connectivity index (χ1) is 8.43. The molecule has 0 unspecified atom stereocenters. The summed E-state index contributed by atoms with van der Waals surface area (Å²) in [4.78, 5) is 13.1. The van der Waals surface area contributed by atoms with Crippen LogP contribution in [0.25, 0.3) is 0 Å². The summed E-state index contributed by atoms with van der Waals surface area (Å²) in [5, 5.41) is 9.49. The van der Waals surface area contributed by atoms with Gasteiger partial charge in [-0.15, -0.1) is 0 Å². The number of benzene rings is 1. The fourth-order valence-corrected chi connectivity index (χ4v) is 1.85. The maximum absolute atomic E-state index is 13.5. The minimum Gasteiger partial charge on any atom is -0.503 e. The predicted octanol–water partition coefficient (Wildman–Crippen LogP) is 2.67. The van der Waals surface area contributed by atoms with Gasteiger partial charge in [-0.05, 0) is 13.0 Å². The molecule has 7 heteroatoms. The minimum absolute atomic E-state index is 0.281. The van der Waals surface area contributed by atoms with Gasteiger partial charge in [0.15, 0.2) is 17.4 Å². The second kappa shape index (κ2) is 6.08. The van der Waals surface area contributed by atoms with Gasteiger partial charge in [-0.2, -0.15) is 4.39 Å². The molecule has 100 valence electrons. The molecule has 3 nitrogen and oxygen atoms in total. The number of alkyl halides is 1. The summed E-state index contributed by atoms with van der Waals surface area (Å²) >= 11 is 3.12. The standard InChI is InChI=1S/C11H11BrF3NO2/c1-2-16(4-3-12)11(18)6-5-7(13)9(15)10(17)8(6)14/h5,17H,2-4H2,1H3. The van der Waals surface area contributed by atoms with Crippen LogP contribution in [0.5, 0.6) is 5.75 Å². The summed E-state index contributed by atoms with van der Waals surface area (Å²) in [5.41, 5.74) is -0.686. The van der Waals surface area contributed by atoms with Crippen molar-refractivity contribution >= 4 is 21.8 Å². The average molecular weight is 326 g/mol. The molecule has 0 radical (unpaired) electrons. The number of amides is 1. The number of aromatic hydroxyl groups is 1. The molecule has 0 atom stereocenters. The van der Waals surface area contributed by atoms with E-state index in [9.17, 15) is 18.0 Å². The van der Waals surface area contributed by atoms with Crippen molar-refractivity contribution in [2.24, 2.45) is 0 Å². The van der Waals surface area contributed by atoms with Crippen LogP contribution < -0.4 is 0 Å². The van der Waals surface area contributed by atoms with Gasteiger partial charge in [0, 0.05) is 18.4 Å². The maximum Gasteiger partial charge on any atom is 0.257 e. The molecule has 0 aliphatic heterocycles. The largest absolute Gasteiger partial charge is 0.503 e. The van der Waals surface area contributed by atoms with Crippen molar-refractivity contribution in [3.63, 3.8) is 0 Å². The third kappa shape index (κ3) is 2.77. The lowest BCUT2D eigenvalue weighted by atomic mass is 10.1. The van der Waals surface area contributed by atoms with Gasteiger partial charge in [0.1, 0.15) is 0 Å². The smallest absolute Gasteiger partial charge is 0.257 e. The second-order valence-corrected chi connectivity index (χ2v) is 4.25. The van der Waals surface area contributed by atoms with E-state index >= 15 is 0 Å². The Morgan fingerprint density at radius 3 is 2.50 bits per heavy atom. The monoisotopic (exact) mass is 325 g/mol. The van der Waals surface area contributed by atoms with Crippen molar-refractivity contribution in [3.05, 3.63) is 29.1 Å². The summed E-state index contributed by atoms with van der Waals surface area (Å²) in [7, 11) is 0. The molecule has 1 N–H and O–H groups in total. The Morgan fingerprint density at radius 1 is 1.39 bits per heavy atom. The Bertz CT molecular complexity index is 468. The van der Waals surface area contributed by atoms with Crippen LogP contribution in [0.2, 0.25) is 0 Å². The molecule has 1 aromatic rings. The lowest BCUT2D eigenvalue weighted by Gasteiger charge is -2.20. The van der Waals surface area contributed by atoms with Crippen LogP contribution in [0, 0.1) is 17.5 Å². The molecule has 0 saturated heterocycles. The van der Waals surface area contributed by atoms with Gasteiger partial charge in [-0.25, -0.2) is 8.78 Å². The number of phenolic OH excluding ortho intramolecular Hbond substituents is 1. The number of phenols is 1. The number of hydrogen-bond donors (Lipinski definition) is 1. The molecule has 0 bridgehead atoms. The summed E-state index contributed by atoms with van der Waals surface area (Å²) in [6, 6.07) is 0.448. The molecular weight excluding hydrogens is 315 g/mol. The normalized spacial score (nSPS) is 10.5. The number of rotatable bonds is 4. The third-order valence-corrected chi connectivity index (χ3v) is 2.74. The van der Waals surface area contributed by atoms with E-state index in [1.54, 1.807) is 6.92 Å². The zero-order valence-electron chi connectivity index (χ0n) is 9.51. The Morgan fingerprint density at radius 2 is 2.00 bits per heavy atom. The minimum atomic E-state index is -1.70. The first kappa shape index (κ1) is 14.8. The number of carbonyl (C=O) groups is 1. The van der Waals surface area contributed by atoms with Gasteiger partial charge in [0.2, 0.25) is 5.82 Å². The molecule has 0 spiro atoms. The van der Waals surface area contributed by atoms with Gasteiger partial charge in [0.05, 0.1) is 5.56 Å². The topological polar surface area (TPSA) is 40.5 Å². The highest BCUT2D eigenvalue weighted by Gasteiger charge is 2.24. The van der Waals surface area contributed by atoms with Gasteiger partial charge < -0.3 is 10.0 Å². The van der Waals surface area contributed by atoms with Crippen molar-refractivity contribution in [3.8, 4) is 5.75 Å². The van der Waals surface area contributed by atoms with Crippen LogP contribution in [0.15, 0.2) is 6.07 Å². The zero-order chi connectivity index (χ0) is 13.9. The first-order valence-electron chi connectivity index (χ1n) is 5.15. The van der Waals surface area contributed by atoms with E-state index < -0.39 is 34.7 Å². The number of carbonyl (C=O) groups excluding carboxylic acids is 1.